The Labute approximate surface area is 215 Å². The highest BCUT2D eigenvalue weighted by molar-refractivity contribution is 9.11. The third kappa shape index (κ3) is 5.15. The molecule has 1 heterocycles. The maximum Gasteiger partial charge on any atom is 0.282 e. The number of nitrogens with zero attached hydrogens (tertiary/aromatic N) is 1. The minimum atomic E-state index is -0.473. The van der Waals surface area contributed by atoms with Crippen LogP contribution in [-0.4, -0.2) is 18.9 Å². The minimum absolute atomic E-state index is 0.0280. The topological polar surface area (TPSA) is 67.9 Å². The first-order valence-corrected chi connectivity index (χ1v) is 12.1. The van der Waals surface area contributed by atoms with E-state index < -0.39 is 11.8 Å². The molecule has 0 radical (unpaired) electrons. The number of hydrazine groups is 1. The number of anilines is 1. The highest BCUT2D eigenvalue weighted by Crippen LogP contribution is 2.38. The van der Waals surface area contributed by atoms with E-state index in [4.69, 9.17) is 9.47 Å². The van der Waals surface area contributed by atoms with Gasteiger partial charge in [-0.2, -0.15) is 0 Å². The first-order valence-electron chi connectivity index (χ1n) is 9.74. The van der Waals surface area contributed by atoms with Gasteiger partial charge in [-0.3, -0.25) is 15.0 Å². The van der Waals surface area contributed by atoms with E-state index in [-0.39, 0.29) is 5.57 Å². The van der Waals surface area contributed by atoms with Gasteiger partial charge in [0.15, 0.2) is 11.5 Å². The molecule has 9 heteroatoms. The summed E-state index contributed by atoms with van der Waals surface area (Å²) in [6.07, 6.45) is 1.53. The lowest BCUT2D eigenvalue weighted by Gasteiger charge is -2.15. The summed E-state index contributed by atoms with van der Waals surface area (Å²) in [4.78, 5) is 25.3. The monoisotopic (exact) mass is 634 g/mol. The smallest absolute Gasteiger partial charge is 0.282 e. The first-order chi connectivity index (χ1) is 15.9. The van der Waals surface area contributed by atoms with Gasteiger partial charge in [-0.25, -0.2) is 5.01 Å². The Hall–Kier alpha value is -2.62. The average Bonchev–Trinajstić information content (AvgIpc) is 3.08. The van der Waals surface area contributed by atoms with Gasteiger partial charge in [0.05, 0.1) is 17.3 Å². The van der Waals surface area contributed by atoms with Crippen LogP contribution in [-0.2, 0) is 16.2 Å². The average molecular weight is 637 g/mol. The number of halogens is 3. The molecule has 2 amide bonds. The molecule has 33 heavy (non-hydrogen) atoms. The summed E-state index contributed by atoms with van der Waals surface area (Å²) in [7, 11) is 1.53. The highest BCUT2D eigenvalue weighted by atomic mass is 79.9. The number of benzene rings is 3. The van der Waals surface area contributed by atoms with Crippen LogP contribution in [0.2, 0.25) is 0 Å². The number of amides is 2. The van der Waals surface area contributed by atoms with E-state index in [1.165, 1.54) is 18.2 Å². The number of rotatable bonds is 6. The molecule has 6 nitrogen and oxygen atoms in total. The van der Waals surface area contributed by atoms with Crippen LogP contribution in [0.15, 0.2) is 79.7 Å². The van der Waals surface area contributed by atoms with E-state index in [2.05, 4.69) is 53.2 Å². The molecule has 3 aromatic carbocycles. The van der Waals surface area contributed by atoms with Gasteiger partial charge in [0.25, 0.3) is 11.8 Å². The maximum atomic E-state index is 12.8. The standard InChI is InChI=1S/C24H17Br3N2O4/c1-32-21-11-14(9-18-23(30)28-29(24(18)31)17-5-3-2-4-6-17)10-20(27)22(21)33-13-15-7-8-16(25)12-19(15)26/h2-12H,13H2,1H3,(H,28,30)/b18-9-. The second kappa shape index (κ2) is 10.1. The number of ether oxygens (including phenoxy) is 2. The van der Waals surface area contributed by atoms with Gasteiger partial charge in [0.2, 0.25) is 0 Å². The molecule has 168 valence electrons. The maximum absolute atomic E-state index is 12.8. The van der Waals surface area contributed by atoms with Crippen molar-refractivity contribution in [2.45, 2.75) is 6.61 Å². The van der Waals surface area contributed by atoms with Crippen LogP contribution in [0.3, 0.4) is 0 Å². The summed E-state index contributed by atoms with van der Waals surface area (Å²) in [5, 5.41) is 1.23. The zero-order valence-electron chi connectivity index (χ0n) is 17.3. The van der Waals surface area contributed by atoms with Gasteiger partial charge in [-0.1, -0.05) is 56.1 Å². The zero-order chi connectivity index (χ0) is 23.5. The van der Waals surface area contributed by atoms with Crippen LogP contribution in [0.25, 0.3) is 6.08 Å². The van der Waals surface area contributed by atoms with Gasteiger partial charge >= 0.3 is 0 Å². The summed E-state index contributed by atoms with van der Waals surface area (Å²) >= 11 is 10.5. The summed E-state index contributed by atoms with van der Waals surface area (Å²) in [5.74, 6) is 0.0823. The third-order valence-electron chi connectivity index (χ3n) is 4.86. The predicted molar refractivity (Wildman–Crippen MR) is 137 cm³/mol. The fourth-order valence-corrected chi connectivity index (χ4v) is 4.97. The summed E-state index contributed by atoms with van der Waals surface area (Å²) in [6.45, 7) is 0.316. The molecule has 1 aliphatic heterocycles. The van der Waals surface area contributed by atoms with Crippen molar-refractivity contribution in [2.75, 3.05) is 12.1 Å². The van der Waals surface area contributed by atoms with E-state index >= 15 is 0 Å². The zero-order valence-corrected chi connectivity index (χ0v) is 22.0. The molecule has 0 aromatic heterocycles. The molecule has 0 bridgehead atoms. The van der Waals surface area contributed by atoms with Crippen molar-refractivity contribution < 1.29 is 19.1 Å². The molecular weight excluding hydrogens is 620 g/mol. The van der Waals surface area contributed by atoms with Crippen LogP contribution in [0, 0.1) is 0 Å². The lowest BCUT2D eigenvalue weighted by Crippen LogP contribution is -2.35. The second-order valence-electron chi connectivity index (χ2n) is 7.03. The molecule has 3 aromatic rings. The Kier molecular flexibility index (Phi) is 7.21. The summed E-state index contributed by atoms with van der Waals surface area (Å²) < 4.78 is 14.0. The van der Waals surface area contributed by atoms with Crippen LogP contribution >= 0.6 is 47.8 Å². The van der Waals surface area contributed by atoms with Crippen molar-refractivity contribution in [1.82, 2.24) is 5.43 Å². The van der Waals surface area contributed by atoms with E-state index in [0.717, 1.165) is 14.5 Å². The summed E-state index contributed by atoms with van der Waals surface area (Å²) in [6, 6.07) is 18.3. The van der Waals surface area contributed by atoms with Crippen LogP contribution in [0.4, 0.5) is 5.69 Å². The lowest BCUT2D eigenvalue weighted by molar-refractivity contribution is -0.117. The van der Waals surface area contributed by atoms with E-state index in [1.807, 2.05) is 24.3 Å². The van der Waals surface area contributed by atoms with Gasteiger partial charge in [0, 0.05) is 14.5 Å². The number of methoxy groups -OCH3 is 1. The SMILES string of the molecule is COc1cc(/C=C2/C(=O)NN(c3ccccc3)C2=O)cc(Br)c1OCc1ccc(Br)cc1Br. The van der Waals surface area contributed by atoms with Crippen molar-refractivity contribution in [3.63, 3.8) is 0 Å². The van der Waals surface area contributed by atoms with E-state index in [9.17, 15) is 9.59 Å². The van der Waals surface area contributed by atoms with Gasteiger partial charge in [0.1, 0.15) is 12.2 Å². The lowest BCUT2D eigenvalue weighted by atomic mass is 10.1. The molecule has 0 saturated carbocycles. The largest absolute Gasteiger partial charge is 0.493 e. The molecule has 1 saturated heterocycles. The molecule has 1 aliphatic rings. The molecule has 0 atom stereocenters. The molecule has 1 fully saturated rings. The highest BCUT2D eigenvalue weighted by Gasteiger charge is 2.34. The Morgan fingerprint density at radius 2 is 1.73 bits per heavy atom. The summed E-state index contributed by atoms with van der Waals surface area (Å²) in [5.41, 5.74) is 4.79. The Morgan fingerprint density at radius 1 is 0.970 bits per heavy atom. The number of carbonyl (C=O) groups excluding carboxylic acids is 2. The third-order valence-corrected chi connectivity index (χ3v) is 6.68. The molecule has 0 unspecified atom stereocenters. The number of nitrogens with one attached hydrogen (secondary N) is 1. The van der Waals surface area contributed by atoms with Crippen LogP contribution in [0.1, 0.15) is 11.1 Å². The van der Waals surface area contributed by atoms with Gasteiger partial charge in [-0.15, -0.1) is 0 Å². The number of hydrogen-bond donors (Lipinski definition) is 1. The molecule has 1 N–H and O–H groups in total. The first kappa shape index (κ1) is 23.5. The molecular formula is C24H17Br3N2O4. The van der Waals surface area contributed by atoms with E-state index in [1.54, 1.807) is 36.4 Å². The van der Waals surface area contributed by atoms with Gasteiger partial charge in [-0.05, 0) is 64.0 Å². The van der Waals surface area contributed by atoms with E-state index in [0.29, 0.717) is 33.8 Å². The minimum Gasteiger partial charge on any atom is -0.493 e. The van der Waals surface area contributed by atoms with Crippen molar-refractivity contribution in [3.05, 3.63) is 90.8 Å². The molecule has 0 aliphatic carbocycles. The predicted octanol–water partition coefficient (Wildman–Crippen LogP) is 6.02. The Morgan fingerprint density at radius 3 is 2.42 bits per heavy atom. The normalized spacial score (nSPS) is 14.5. The van der Waals surface area contributed by atoms with Crippen molar-refractivity contribution in [3.8, 4) is 11.5 Å². The van der Waals surface area contributed by atoms with Gasteiger partial charge < -0.3 is 9.47 Å². The fourth-order valence-electron chi connectivity index (χ4n) is 3.23. The fraction of sp³-hybridized carbons (Fsp3) is 0.0833. The van der Waals surface area contributed by atoms with Crippen molar-refractivity contribution >= 4 is 71.4 Å². The Balaban J connectivity index is 1.59. The number of para-hydroxylation sites is 1. The second-order valence-corrected chi connectivity index (χ2v) is 9.66. The van der Waals surface area contributed by atoms with Crippen molar-refractivity contribution in [2.24, 2.45) is 0 Å². The van der Waals surface area contributed by atoms with Crippen LogP contribution in [0.5, 0.6) is 11.5 Å². The Bertz CT molecular complexity index is 1260. The number of hydrogen-bond acceptors (Lipinski definition) is 4. The quantitative estimate of drug-likeness (QED) is 0.265. The van der Waals surface area contributed by atoms with Crippen LogP contribution < -0.4 is 19.9 Å². The molecule has 0 spiro atoms. The number of carbonyl (C=O) groups is 2. The van der Waals surface area contributed by atoms with Crippen molar-refractivity contribution in [1.29, 1.82) is 0 Å². The molecule has 4 rings (SSSR count).